The molecule has 3 rings (SSSR count). The highest BCUT2D eigenvalue weighted by Gasteiger charge is 2.71. The molecule has 2 aromatic rings. The lowest BCUT2D eigenvalue weighted by Crippen LogP contribution is -2.61. The summed E-state index contributed by atoms with van der Waals surface area (Å²) >= 11 is 0. The van der Waals surface area contributed by atoms with Crippen molar-refractivity contribution in [2.24, 2.45) is 0 Å². The second-order valence-corrected chi connectivity index (χ2v) is 18.7. The Morgan fingerprint density at radius 2 is 0.750 bits per heavy atom. The molecule has 32 heavy (non-hydrogen) atoms. The Bertz CT molecular complexity index is 875. The second kappa shape index (κ2) is 7.44. The third-order valence-corrected chi connectivity index (χ3v) is 6.93. The van der Waals surface area contributed by atoms with Gasteiger partial charge in [-0.15, -0.1) is 0 Å². The molecule has 0 bridgehead atoms. The highest BCUT2D eigenvalue weighted by Crippen LogP contribution is 2.62. The largest absolute Gasteiger partial charge is 0.425 e. The summed E-state index contributed by atoms with van der Waals surface area (Å²) in [5.41, 5.74) is -8.40. The van der Waals surface area contributed by atoms with Gasteiger partial charge in [0.05, 0.1) is 0 Å². The van der Waals surface area contributed by atoms with Crippen molar-refractivity contribution in [3.63, 3.8) is 0 Å². The molecule has 0 atom stereocenters. The first-order valence-corrected chi connectivity index (χ1v) is 16.9. The molecule has 0 amide bonds. The van der Waals surface area contributed by atoms with E-state index < -0.39 is 62.4 Å². The molecule has 0 aromatic heterocycles. The van der Waals surface area contributed by atoms with E-state index in [4.69, 9.17) is 8.85 Å². The summed E-state index contributed by atoms with van der Waals surface area (Å²) in [5.74, 6) is 0. The average Bonchev–Trinajstić information content (AvgIpc) is 2.60. The highest BCUT2D eigenvalue weighted by atomic mass is 28.4. The zero-order chi connectivity index (χ0) is 24.4. The second-order valence-electron chi connectivity index (χ2n) is 9.88. The van der Waals surface area contributed by atoms with Gasteiger partial charge >= 0.3 is 12.4 Å². The molecule has 0 unspecified atom stereocenters. The molecule has 0 aliphatic heterocycles. The normalized spacial score (nSPS) is 24.1. The summed E-state index contributed by atoms with van der Waals surface area (Å²) in [6.07, 6.45) is -10.0. The van der Waals surface area contributed by atoms with Crippen LogP contribution in [0.2, 0.25) is 39.3 Å². The van der Waals surface area contributed by atoms with Gasteiger partial charge in [0.1, 0.15) is 0 Å². The van der Waals surface area contributed by atoms with Gasteiger partial charge in [-0.1, -0.05) is 48.5 Å². The quantitative estimate of drug-likeness (QED) is 0.329. The van der Waals surface area contributed by atoms with E-state index in [1.54, 1.807) is 39.3 Å². The van der Waals surface area contributed by atoms with Crippen molar-refractivity contribution in [3.8, 4) is 0 Å². The minimum absolute atomic E-state index is 0.579. The van der Waals surface area contributed by atoms with Crippen LogP contribution >= 0.6 is 0 Å². The van der Waals surface area contributed by atoms with Gasteiger partial charge in [-0.05, 0) is 39.3 Å². The number of alkyl halides is 6. The first-order chi connectivity index (χ1) is 14.4. The fourth-order valence-electron chi connectivity index (χ4n) is 4.35. The van der Waals surface area contributed by atoms with E-state index in [2.05, 4.69) is 0 Å². The molecule has 0 spiro atoms. The lowest BCUT2D eigenvalue weighted by Gasteiger charge is -2.52. The number of fused-ring (bicyclic) bond motifs is 2. The fourth-order valence-corrected chi connectivity index (χ4v) is 6.86. The van der Waals surface area contributed by atoms with Crippen LogP contribution in [0.15, 0.2) is 48.5 Å². The van der Waals surface area contributed by atoms with Crippen LogP contribution in [-0.2, 0) is 20.1 Å². The molecule has 2 aromatic carbocycles. The minimum Gasteiger partial charge on any atom is -0.397 e. The number of rotatable bonds is 4. The molecule has 0 fully saturated rings. The van der Waals surface area contributed by atoms with Gasteiger partial charge in [0.25, 0.3) is 0 Å². The first-order valence-electron chi connectivity index (χ1n) is 10.1. The van der Waals surface area contributed by atoms with E-state index in [-0.39, 0.29) is 0 Å². The molecule has 2 nitrogen and oxygen atoms in total. The lowest BCUT2D eigenvalue weighted by molar-refractivity contribution is -0.262. The van der Waals surface area contributed by atoms with Crippen LogP contribution in [0.25, 0.3) is 0 Å². The third kappa shape index (κ3) is 3.84. The van der Waals surface area contributed by atoms with Gasteiger partial charge < -0.3 is 8.85 Å². The Balaban J connectivity index is 2.59. The minimum atomic E-state index is -5.02. The zero-order valence-corrected chi connectivity index (χ0v) is 20.7. The van der Waals surface area contributed by atoms with Crippen molar-refractivity contribution in [1.29, 1.82) is 0 Å². The van der Waals surface area contributed by atoms with Crippen molar-refractivity contribution in [1.82, 2.24) is 0 Å². The van der Waals surface area contributed by atoms with E-state index in [0.717, 1.165) is 24.3 Å². The van der Waals surface area contributed by atoms with Crippen molar-refractivity contribution in [3.05, 3.63) is 70.8 Å². The fraction of sp³-hybridized carbons (Fsp3) is 0.455. The van der Waals surface area contributed by atoms with Crippen LogP contribution in [0.1, 0.15) is 22.3 Å². The van der Waals surface area contributed by atoms with Gasteiger partial charge in [-0.25, -0.2) is 0 Å². The summed E-state index contributed by atoms with van der Waals surface area (Å²) in [6.45, 7) is 9.48. The van der Waals surface area contributed by atoms with E-state index in [0.29, 0.717) is 0 Å². The zero-order valence-electron chi connectivity index (χ0n) is 18.7. The molecule has 10 heteroatoms. The molecule has 1 aliphatic carbocycles. The maximum Gasteiger partial charge on any atom is 0.425 e. The summed E-state index contributed by atoms with van der Waals surface area (Å²) in [7, 11) is -5.87. The van der Waals surface area contributed by atoms with Gasteiger partial charge in [0, 0.05) is 22.3 Å². The van der Waals surface area contributed by atoms with Gasteiger partial charge in [-0.3, -0.25) is 0 Å². The number of halogens is 6. The van der Waals surface area contributed by atoms with E-state index in [1.165, 1.54) is 24.3 Å². The van der Waals surface area contributed by atoms with Crippen LogP contribution in [0.4, 0.5) is 26.3 Å². The van der Waals surface area contributed by atoms with E-state index >= 15 is 0 Å². The van der Waals surface area contributed by atoms with Crippen LogP contribution in [0.3, 0.4) is 0 Å². The Hall–Kier alpha value is -1.63. The Morgan fingerprint density at radius 1 is 0.531 bits per heavy atom. The van der Waals surface area contributed by atoms with Crippen LogP contribution in [0.5, 0.6) is 0 Å². The van der Waals surface area contributed by atoms with Crippen LogP contribution < -0.4 is 0 Å². The molecule has 1 aliphatic rings. The molecular formula is C22H26F6O2Si2. The number of hydrogen-bond acceptors (Lipinski definition) is 2. The van der Waals surface area contributed by atoms with Gasteiger partial charge in [0.2, 0.25) is 11.2 Å². The van der Waals surface area contributed by atoms with Gasteiger partial charge in [0.15, 0.2) is 16.6 Å². The van der Waals surface area contributed by atoms with Crippen molar-refractivity contribution in [2.45, 2.75) is 62.8 Å². The summed E-state index contributed by atoms with van der Waals surface area (Å²) < 4.78 is 101. The van der Waals surface area contributed by atoms with E-state index in [9.17, 15) is 26.3 Å². The van der Waals surface area contributed by atoms with Crippen molar-refractivity contribution in [2.75, 3.05) is 0 Å². The smallest absolute Gasteiger partial charge is 0.397 e. The Morgan fingerprint density at radius 3 is 0.906 bits per heavy atom. The van der Waals surface area contributed by atoms with Gasteiger partial charge in [-0.2, -0.15) is 26.3 Å². The maximum atomic E-state index is 15.0. The Kier molecular flexibility index (Phi) is 5.81. The topological polar surface area (TPSA) is 18.5 Å². The summed E-state index contributed by atoms with van der Waals surface area (Å²) in [4.78, 5) is 0. The average molecular weight is 493 g/mol. The lowest BCUT2D eigenvalue weighted by atomic mass is 9.67. The highest BCUT2D eigenvalue weighted by molar-refractivity contribution is 6.70. The van der Waals surface area contributed by atoms with Crippen molar-refractivity contribution >= 4 is 16.6 Å². The first kappa shape index (κ1) is 25.0. The molecule has 176 valence electrons. The maximum absolute atomic E-state index is 15.0. The third-order valence-electron chi connectivity index (χ3n) is 5.09. The Labute approximate surface area is 185 Å². The predicted molar refractivity (Wildman–Crippen MR) is 115 cm³/mol. The standard InChI is InChI=1S/C22H26F6O2Si2/c1-31(2,3)29-19(21(23,24)25)15-11-7-9-13-17(15)20(22(26,27)28,30-32(4,5)6)18-14-10-8-12-16(18)19/h7-14H,1-6H3. The molecule has 0 saturated carbocycles. The number of hydrogen-bond donors (Lipinski definition) is 0. The SMILES string of the molecule is C[Si](C)(C)OC1(C(F)(F)F)c2ccccc2C(O[Si](C)(C)C)(C(F)(F)F)c2ccccc21. The predicted octanol–water partition coefficient (Wildman–Crippen LogP) is 7.31. The summed E-state index contributed by atoms with van der Waals surface area (Å²) in [5, 5.41) is 0. The van der Waals surface area contributed by atoms with Crippen LogP contribution in [-0.4, -0.2) is 29.0 Å². The molecule has 0 radical (unpaired) electrons. The van der Waals surface area contributed by atoms with E-state index in [1.807, 2.05) is 0 Å². The molecular weight excluding hydrogens is 466 g/mol. The molecule has 0 N–H and O–H groups in total. The summed E-state index contributed by atoms with van der Waals surface area (Å²) in [6, 6.07) is 9.51. The van der Waals surface area contributed by atoms with Crippen LogP contribution in [0, 0.1) is 0 Å². The van der Waals surface area contributed by atoms with Crippen molar-refractivity contribution < 1.29 is 35.2 Å². The number of benzene rings is 2. The monoisotopic (exact) mass is 492 g/mol. The molecule has 0 saturated heterocycles. The molecule has 0 heterocycles.